The zero-order chi connectivity index (χ0) is 18.3. The predicted octanol–water partition coefficient (Wildman–Crippen LogP) is 9.34. The third-order valence-corrected chi connectivity index (χ3v) is 6.55. The SMILES string of the molecule is CCCCCCCCCCCCCCCCCCCCCCC[PH+]=S. The second kappa shape index (κ2) is 24.5. The first-order valence-electron chi connectivity index (χ1n) is 11.8. The lowest BCUT2D eigenvalue weighted by Crippen LogP contribution is -1.84. The van der Waals surface area contributed by atoms with E-state index in [9.17, 15) is 0 Å². The van der Waals surface area contributed by atoms with E-state index in [1.165, 1.54) is 141 Å². The van der Waals surface area contributed by atoms with Crippen LogP contribution in [0.3, 0.4) is 0 Å². The van der Waals surface area contributed by atoms with E-state index in [1.807, 2.05) is 0 Å². The summed E-state index contributed by atoms with van der Waals surface area (Å²) in [6.45, 7) is 2.30. The Kier molecular flexibility index (Phi) is 25.0. The van der Waals surface area contributed by atoms with Gasteiger partial charge in [0.2, 0.25) is 0 Å². The first-order valence-corrected chi connectivity index (χ1v) is 14.1. The fourth-order valence-corrected chi connectivity index (χ4v) is 4.46. The van der Waals surface area contributed by atoms with Crippen LogP contribution in [-0.2, 0) is 11.8 Å². The molecule has 150 valence electrons. The summed E-state index contributed by atoms with van der Waals surface area (Å²) in [5, 5.41) is 0. The quantitative estimate of drug-likeness (QED) is 0.132. The monoisotopic (exact) mass is 387 g/mol. The molecule has 1 atom stereocenters. The van der Waals surface area contributed by atoms with Crippen LogP contribution in [0.15, 0.2) is 0 Å². The van der Waals surface area contributed by atoms with Gasteiger partial charge in [-0.25, -0.2) is 0 Å². The number of unbranched alkanes of at least 4 members (excludes halogenated alkanes) is 20. The van der Waals surface area contributed by atoms with E-state index in [0.717, 1.165) is 7.36 Å². The van der Waals surface area contributed by atoms with Crippen molar-refractivity contribution in [3.63, 3.8) is 0 Å². The molecule has 0 aliphatic carbocycles. The van der Waals surface area contributed by atoms with Crippen LogP contribution in [0.5, 0.6) is 0 Å². The van der Waals surface area contributed by atoms with Crippen molar-refractivity contribution in [1.29, 1.82) is 0 Å². The molecule has 0 aromatic heterocycles. The summed E-state index contributed by atoms with van der Waals surface area (Å²) in [7, 11) is 0.751. The molecule has 0 nitrogen and oxygen atoms in total. The summed E-state index contributed by atoms with van der Waals surface area (Å²) >= 11 is 5.01. The van der Waals surface area contributed by atoms with Gasteiger partial charge in [-0.15, -0.1) is 0 Å². The van der Waals surface area contributed by atoms with Crippen LogP contribution in [0.4, 0.5) is 0 Å². The van der Waals surface area contributed by atoms with Crippen molar-refractivity contribution in [2.75, 3.05) is 6.16 Å². The molecular weight excluding hydrogens is 339 g/mol. The summed E-state index contributed by atoms with van der Waals surface area (Å²) < 4.78 is 0. The largest absolute Gasteiger partial charge is 0.160 e. The lowest BCUT2D eigenvalue weighted by molar-refractivity contribution is 0.521. The third kappa shape index (κ3) is 24.5. The fraction of sp³-hybridized carbons (Fsp3) is 1.00. The highest BCUT2D eigenvalue weighted by atomic mass is 32.4. The van der Waals surface area contributed by atoms with Gasteiger partial charge in [-0.3, -0.25) is 0 Å². The predicted molar refractivity (Wildman–Crippen MR) is 123 cm³/mol. The maximum atomic E-state index is 5.01. The van der Waals surface area contributed by atoms with E-state index in [-0.39, 0.29) is 0 Å². The summed E-state index contributed by atoms with van der Waals surface area (Å²) in [6, 6.07) is 0. The molecule has 0 saturated heterocycles. The van der Waals surface area contributed by atoms with Crippen molar-refractivity contribution >= 4 is 19.2 Å². The maximum absolute atomic E-state index is 5.01. The van der Waals surface area contributed by atoms with E-state index in [1.54, 1.807) is 0 Å². The van der Waals surface area contributed by atoms with Crippen LogP contribution in [0, 0.1) is 0 Å². The third-order valence-electron chi connectivity index (χ3n) is 5.38. The number of rotatable bonds is 22. The molecule has 0 bridgehead atoms. The molecule has 0 aliphatic rings. The summed E-state index contributed by atoms with van der Waals surface area (Å²) in [5.74, 6) is 0. The topological polar surface area (TPSA) is 0 Å². The molecule has 0 heterocycles. The minimum atomic E-state index is 0.751. The van der Waals surface area contributed by atoms with Crippen LogP contribution in [0.25, 0.3) is 0 Å². The average Bonchev–Trinajstić information content (AvgIpc) is 2.63. The molecule has 2 heteroatoms. The Morgan fingerprint density at radius 3 is 0.880 bits per heavy atom. The Hall–Kier alpha value is 0.520. The molecule has 0 aliphatic heterocycles. The Balaban J connectivity index is 2.95. The average molecular weight is 388 g/mol. The van der Waals surface area contributed by atoms with Crippen LogP contribution in [-0.4, -0.2) is 6.16 Å². The number of hydrogen-bond donors (Lipinski definition) is 0. The fourth-order valence-electron chi connectivity index (χ4n) is 3.63. The van der Waals surface area contributed by atoms with Gasteiger partial charge in [0, 0.05) is 0 Å². The van der Waals surface area contributed by atoms with Crippen molar-refractivity contribution in [3.8, 4) is 0 Å². The van der Waals surface area contributed by atoms with Crippen LogP contribution in [0.1, 0.15) is 142 Å². The molecule has 0 aromatic rings. The van der Waals surface area contributed by atoms with Gasteiger partial charge in [0.15, 0.2) is 19.2 Å². The van der Waals surface area contributed by atoms with E-state index in [2.05, 4.69) is 6.92 Å². The van der Waals surface area contributed by atoms with Crippen molar-refractivity contribution in [2.24, 2.45) is 0 Å². The van der Waals surface area contributed by atoms with Crippen LogP contribution < -0.4 is 0 Å². The van der Waals surface area contributed by atoms with Gasteiger partial charge in [-0.1, -0.05) is 129 Å². The molecule has 0 amide bonds. The smallest absolute Gasteiger partial charge is 0.0654 e. The standard InChI is InChI=1S/C23H47PS/c1-2-3-4-5-6-7-8-9-10-11-12-13-14-15-16-17-18-19-20-21-22-23-24-25/h2-23H2,1H3/p+1. The molecule has 0 fully saturated rings. The van der Waals surface area contributed by atoms with Gasteiger partial charge in [0.25, 0.3) is 0 Å². The Labute approximate surface area is 167 Å². The van der Waals surface area contributed by atoms with Crippen LogP contribution >= 0.6 is 7.36 Å². The highest BCUT2D eigenvalue weighted by Crippen LogP contribution is 2.15. The van der Waals surface area contributed by atoms with Gasteiger partial charge in [0.1, 0.15) is 6.16 Å². The summed E-state index contributed by atoms with van der Waals surface area (Å²) in [4.78, 5) is 0. The normalized spacial score (nSPS) is 11.4. The van der Waals surface area contributed by atoms with Crippen molar-refractivity contribution < 1.29 is 0 Å². The molecule has 0 spiro atoms. The molecule has 0 aromatic carbocycles. The maximum Gasteiger partial charge on any atom is 0.160 e. The Morgan fingerprint density at radius 1 is 0.400 bits per heavy atom. The Bertz CT molecular complexity index is 242. The summed E-state index contributed by atoms with van der Waals surface area (Å²) in [6.07, 6.45) is 32.0. The molecule has 0 radical (unpaired) electrons. The van der Waals surface area contributed by atoms with Gasteiger partial charge < -0.3 is 0 Å². The highest BCUT2D eigenvalue weighted by molar-refractivity contribution is 7.96. The minimum absolute atomic E-state index is 0.751. The minimum Gasteiger partial charge on any atom is -0.0654 e. The first kappa shape index (κ1) is 25.5. The van der Waals surface area contributed by atoms with Gasteiger partial charge in [-0.05, 0) is 12.8 Å². The lowest BCUT2D eigenvalue weighted by Gasteiger charge is -2.04. The van der Waals surface area contributed by atoms with Gasteiger partial charge in [-0.2, -0.15) is 0 Å². The molecule has 0 N–H and O–H groups in total. The zero-order valence-corrected chi connectivity index (χ0v) is 19.3. The van der Waals surface area contributed by atoms with E-state index in [0.29, 0.717) is 0 Å². The Morgan fingerprint density at radius 2 is 0.640 bits per heavy atom. The van der Waals surface area contributed by atoms with E-state index < -0.39 is 0 Å². The first-order chi connectivity index (χ1) is 12.4. The van der Waals surface area contributed by atoms with Gasteiger partial charge >= 0.3 is 0 Å². The molecule has 1 unspecified atom stereocenters. The van der Waals surface area contributed by atoms with E-state index in [4.69, 9.17) is 11.8 Å². The highest BCUT2D eigenvalue weighted by Gasteiger charge is 1.96. The molecule has 0 rings (SSSR count). The zero-order valence-electron chi connectivity index (χ0n) is 17.5. The lowest BCUT2D eigenvalue weighted by atomic mass is 10.0. The second-order valence-corrected chi connectivity index (χ2v) is 9.62. The van der Waals surface area contributed by atoms with Crippen molar-refractivity contribution in [3.05, 3.63) is 0 Å². The molecule has 25 heavy (non-hydrogen) atoms. The second-order valence-electron chi connectivity index (χ2n) is 7.97. The van der Waals surface area contributed by atoms with E-state index >= 15 is 0 Å². The van der Waals surface area contributed by atoms with Crippen LogP contribution in [0.2, 0.25) is 0 Å². The molecule has 0 saturated carbocycles. The number of hydrogen-bond acceptors (Lipinski definition) is 1. The van der Waals surface area contributed by atoms with Gasteiger partial charge in [0.05, 0.1) is 0 Å². The summed E-state index contributed by atoms with van der Waals surface area (Å²) in [5.41, 5.74) is 0. The van der Waals surface area contributed by atoms with Crippen molar-refractivity contribution in [2.45, 2.75) is 142 Å². The molecular formula is C23H48PS+. The van der Waals surface area contributed by atoms with Crippen molar-refractivity contribution in [1.82, 2.24) is 0 Å².